The van der Waals surface area contributed by atoms with Crippen LogP contribution in [0.1, 0.15) is 11.4 Å². The van der Waals surface area contributed by atoms with E-state index in [4.69, 9.17) is 10.6 Å². The molecule has 1 aromatic heterocycles. The van der Waals surface area contributed by atoms with E-state index in [9.17, 15) is 4.79 Å². The first-order valence-corrected chi connectivity index (χ1v) is 5.89. The van der Waals surface area contributed by atoms with Gasteiger partial charge in [0.15, 0.2) is 0 Å². The molecule has 8 heteroatoms. The summed E-state index contributed by atoms with van der Waals surface area (Å²) in [4.78, 5) is 19.9. The molecule has 0 aliphatic carbocycles. The van der Waals surface area contributed by atoms with Gasteiger partial charge in [0.1, 0.15) is 17.5 Å². The average Bonchev–Trinajstić information content (AvgIpc) is 2.39. The number of carbonyl (C=O) groups excluding carboxylic acids is 1. The number of nitrogen functional groups attached to an aromatic ring is 1. The lowest BCUT2D eigenvalue weighted by atomic mass is 10.3. The number of aryl methyl sites for hydroxylation is 1. The molecule has 1 aromatic rings. The molecule has 0 aromatic carbocycles. The molecule has 8 nitrogen and oxygen atoms in total. The Hall–Kier alpha value is -1.93. The van der Waals surface area contributed by atoms with Crippen molar-refractivity contribution >= 4 is 17.5 Å². The van der Waals surface area contributed by atoms with Crippen molar-refractivity contribution in [1.29, 1.82) is 0 Å². The minimum Gasteiger partial charge on any atom is -0.383 e. The Balaban J connectivity index is 2.57. The van der Waals surface area contributed by atoms with Crippen molar-refractivity contribution in [3.63, 3.8) is 0 Å². The minimum atomic E-state index is -0.130. The maximum absolute atomic E-state index is 11.5. The van der Waals surface area contributed by atoms with Crippen LogP contribution in [0.2, 0.25) is 0 Å². The fourth-order valence-electron chi connectivity index (χ4n) is 1.46. The summed E-state index contributed by atoms with van der Waals surface area (Å²) in [6, 6.07) is 0. The van der Waals surface area contributed by atoms with Gasteiger partial charge in [-0.25, -0.2) is 15.8 Å². The summed E-state index contributed by atoms with van der Waals surface area (Å²) in [6.07, 6.45) is 0. The van der Waals surface area contributed by atoms with Gasteiger partial charge in [0.2, 0.25) is 5.91 Å². The van der Waals surface area contributed by atoms with Crippen LogP contribution in [0.3, 0.4) is 0 Å². The lowest BCUT2D eigenvalue weighted by molar-refractivity contribution is -0.119. The second kappa shape index (κ2) is 7.49. The van der Waals surface area contributed by atoms with E-state index in [-0.39, 0.29) is 12.5 Å². The van der Waals surface area contributed by atoms with Gasteiger partial charge in [0.25, 0.3) is 0 Å². The molecule has 19 heavy (non-hydrogen) atoms. The van der Waals surface area contributed by atoms with Crippen LogP contribution in [-0.2, 0) is 9.53 Å². The fraction of sp³-hybridized carbons (Fsp3) is 0.545. The summed E-state index contributed by atoms with van der Waals surface area (Å²) in [5.74, 6) is 6.93. The third-order valence-electron chi connectivity index (χ3n) is 2.44. The van der Waals surface area contributed by atoms with Gasteiger partial charge in [0, 0.05) is 19.2 Å². The highest BCUT2D eigenvalue weighted by atomic mass is 16.5. The topological polar surface area (TPSA) is 114 Å². The Kier molecular flexibility index (Phi) is 5.97. The van der Waals surface area contributed by atoms with Crippen LogP contribution >= 0.6 is 0 Å². The van der Waals surface area contributed by atoms with Crippen LogP contribution < -0.4 is 21.9 Å². The Bertz CT molecular complexity index is 437. The second-order valence-corrected chi connectivity index (χ2v) is 3.93. The number of hydrogen-bond donors (Lipinski definition) is 4. The number of methoxy groups -OCH3 is 1. The zero-order valence-corrected chi connectivity index (χ0v) is 11.4. The summed E-state index contributed by atoms with van der Waals surface area (Å²) in [5, 5.41) is 5.66. The minimum absolute atomic E-state index is 0.130. The van der Waals surface area contributed by atoms with E-state index < -0.39 is 0 Å². The molecule has 0 aliphatic heterocycles. The Labute approximate surface area is 112 Å². The van der Waals surface area contributed by atoms with Gasteiger partial charge in [-0.15, -0.1) is 0 Å². The Morgan fingerprint density at radius 3 is 2.63 bits per heavy atom. The monoisotopic (exact) mass is 268 g/mol. The van der Waals surface area contributed by atoms with E-state index in [0.717, 1.165) is 5.56 Å². The van der Waals surface area contributed by atoms with E-state index in [1.54, 1.807) is 14.0 Å². The van der Waals surface area contributed by atoms with Crippen molar-refractivity contribution in [2.24, 2.45) is 5.84 Å². The first-order chi connectivity index (χ1) is 9.08. The van der Waals surface area contributed by atoms with E-state index in [0.29, 0.717) is 30.6 Å². The zero-order valence-electron chi connectivity index (χ0n) is 11.4. The third-order valence-corrected chi connectivity index (χ3v) is 2.44. The highest BCUT2D eigenvalue weighted by molar-refractivity contribution is 5.80. The first-order valence-electron chi connectivity index (χ1n) is 5.89. The van der Waals surface area contributed by atoms with E-state index in [1.807, 2.05) is 6.92 Å². The standard InChI is InChI=1S/C11H20N6O2/c1-7-10(15-8(2)16-11(7)17-12)14-6-9(18)13-4-5-19-3/h4-6,12H2,1-3H3,(H,13,18)(H2,14,15,16,17). The number of nitrogens with zero attached hydrogens (tertiary/aromatic N) is 2. The van der Waals surface area contributed by atoms with Crippen LogP contribution in [0.4, 0.5) is 11.6 Å². The normalized spacial score (nSPS) is 10.1. The molecule has 0 saturated carbocycles. The number of amides is 1. The largest absolute Gasteiger partial charge is 0.383 e. The summed E-state index contributed by atoms with van der Waals surface area (Å²) in [6.45, 7) is 4.67. The molecule has 5 N–H and O–H groups in total. The average molecular weight is 268 g/mol. The van der Waals surface area contributed by atoms with Crippen molar-refractivity contribution in [3.05, 3.63) is 11.4 Å². The molecule has 0 spiro atoms. The van der Waals surface area contributed by atoms with Crippen LogP contribution in [0, 0.1) is 13.8 Å². The molecule has 0 aliphatic rings. The van der Waals surface area contributed by atoms with Crippen molar-refractivity contribution in [3.8, 4) is 0 Å². The number of aromatic nitrogens is 2. The number of nitrogens with one attached hydrogen (secondary N) is 3. The van der Waals surface area contributed by atoms with Crippen LogP contribution in [-0.4, -0.2) is 42.7 Å². The third kappa shape index (κ3) is 4.68. The maximum atomic E-state index is 11.5. The predicted octanol–water partition coefficient (Wildman–Crippen LogP) is -0.446. The number of carbonyl (C=O) groups is 1. The Morgan fingerprint density at radius 2 is 2.00 bits per heavy atom. The smallest absolute Gasteiger partial charge is 0.239 e. The lowest BCUT2D eigenvalue weighted by Crippen LogP contribution is -2.32. The summed E-state index contributed by atoms with van der Waals surface area (Å²) in [5.41, 5.74) is 3.26. The Morgan fingerprint density at radius 1 is 1.32 bits per heavy atom. The van der Waals surface area contributed by atoms with E-state index in [1.165, 1.54) is 0 Å². The van der Waals surface area contributed by atoms with Crippen molar-refractivity contribution in [2.45, 2.75) is 13.8 Å². The van der Waals surface area contributed by atoms with Crippen molar-refractivity contribution in [1.82, 2.24) is 15.3 Å². The highest BCUT2D eigenvalue weighted by Gasteiger charge is 2.09. The number of rotatable bonds is 7. The molecule has 0 atom stereocenters. The van der Waals surface area contributed by atoms with E-state index in [2.05, 4.69) is 26.0 Å². The molecule has 106 valence electrons. The molecule has 0 unspecified atom stereocenters. The van der Waals surface area contributed by atoms with Gasteiger partial charge in [0.05, 0.1) is 13.2 Å². The molecule has 1 rings (SSSR count). The SMILES string of the molecule is COCCNC(=O)CNc1nc(C)nc(NN)c1C. The lowest BCUT2D eigenvalue weighted by Gasteiger charge is -2.12. The molecular formula is C11H20N6O2. The first kappa shape index (κ1) is 15.1. The number of nitrogens with two attached hydrogens (primary N) is 1. The molecular weight excluding hydrogens is 248 g/mol. The van der Waals surface area contributed by atoms with Crippen molar-refractivity contribution in [2.75, 3.05) is 37.5 Å². The number of hydrogen-bond acceptors (Lipinski definition) is 7. The molecule has 0 radical (unpaired) electrons. The molecule has 1 heterocycles. The number of hydrazine groups is 1. The van der Waals surface area contributed by atoms with Gasteiger partial charge in [-0.2, -0.15) is 0 Å². The molecule has 0 saturated heterocycles. The van der Waals surface area contributed by atoms with Gasteiger partial charge in [-0.3, -0.25) is 4.79 Å². The number of anilines is 2. The molecule has 1 amide bonds. The van der Waals surface area contributed by atoms with Crippen LogP contribution in [0.5, 0.6) is 0 Å². The summed E-state index contributed by atoms with van der Waals surface area (Å²) in [7, 11) is 1.58. The quantitative estimate of drug-likeness (QED) is 0.301. The fourth-order valence-corrected chi connectivity index (χ4v) is 1.46. The second-order valence-electron chi connectivity index (χ2n) is 3.93. The van der Waals surface area contributed by atoms with Gasteiger partial charge in [-0.1, -0.05) is 0 Å². The maximum Gasteiger partial charge on any atom is 0.239 e. The number of ether oxygens (including phenoxy) is 1. The highest BCUT2D eigenvalue weighted by Crippen LogP contribution is 2.18. The van der Waals surface area contributed by atoms with Crippen molar-refractivity contribution < 1.29 is 9.53 Å². The summed E-state index contributed by atoms with van der Waals surface area (Å²) < 4.78 is 4.84. The van der Waals surface area contributed by atoms with Gasteiger partial charge >= 0.3 is 0 Å². The van der Waals surface area contributed by atoms with Gasteiger partial charge < -0.3 is 20.8 Å². The van der Waals surface area contributed by atoms with Gasteiger partial charge in [-0.05, 0) is 13.8 Å². The van der Waals surface area contributed by atoms with Crippen LogP contribution in [0.15, 0.2) is 0 Å². The van der Waals surface area contributed by atoms with Crippen LogP contribution in [0.25, 0.3) is 0 Å². The molecule has 0 fully saturated rings. The zero-order chi connectivity index (χ0) is 14.3. The van der Waals surface area contributed by atoms with E-state index >= 15 is 0 Å². The molecule has 0 bridgehead atoms. The summed E-state index contributed by atoms with van der Waals surface area (Å²) >= 11 is 0. The predicted molar refractivity (Wildman–Crippen MR) is 72.7 cm³/mol.